The molecular formula is C17H19NO2. The molecule has 0 spiro atoms. The van der Waals surface area contributed by atoms with Gasteiger partial charge in [-0.3, -0.25) is 4.90 Å². The third-order valence-corrected chi connectivity index (χ3v) is 3.45. The summed E-state index contributed by atoms with van der Waals surface area (Å²) in [5.74, 6) is 1.95. The first kappa shape index (κ1) is 13.0. The smallest absolute Gasteiger partial charge is 0.126 e. The quantitative estimate of drug-likeness (QED) is 0.832. The van der Waals surface area contributed by atoms with Crippen molar-refractivity contribution in [2.75, 3.05) is 20.2 Å². The third kappa shape index (κ3) is 3.11. The maximum Gasteiger partial charge on any atom is 0.126 e. The van der Waals surface area contributed by atoms with Gasteiger partial charge in [-0.1, -0.05) is 18.2 Å². The number of benzene rings is 1. The largest absolute Gasteiger partial charge is 0.493 e. The number of furan rings is 1. The zero-order chi connectivity index (χ0) is 13.8. The van der Waals surface area contributed by atoms with Gasteiger partial charge in [0.2, 0.25) is 0 Å². The first-order valence-corrected chi connectivity index (χ1v) is 6.94. The second-order valence-corrected chi connectivity index (χ2v) is 5.16. The molecule has 3 heteroatoms. The van der Waals surface area contributed by atoms with Crippen molar-refractivity contribution >= 4 is 6.08 Å². The lowest BCUT2D eigenvalue weighted by molar-refractivity contribution is 0.356. The summed E-state index contributed by atoms with van der Waals surface area (Å²) in [7, 11) is 2.12. The minimum atomic E-state index is 0.820. The highest BCUT2D eigenvalue weighted by Crippen LogP contribution is 2.26. The van der Waals surface area contributed by atoms with Crippen LogP contribution in [0.25, 0.3) is 6.08 Å². The third-order valence-electron chi connectivity index (χ3n) is 3.45. The Morgan fingerprint density at radius 2 is 2.25 bits per heavy atom. The Morgan fingerprint density at radius 1 is 1.30 bits per heavy atom. The van der Waals surface area contributed by atoms with Gasteiger partial charge in [0.05, 0.1) is 12.9 Å². The Morgan fingerprint density at radius 3 is 3.10 bits per heavy atom. The summed E-state index contributed by atoms with van der Waals surface area (Å²) in [6.45, 7) is 2.66. The summed E-state index contributed by atoms with van der Waals surface area (Å²) in [5, 5.41) is 0. The number of fused-ring (bicyclic) bond motifs is 1. The molecule has 0 radical (unpaired) electrons. The van der Waals surface area contributed by atoms with Crippen LogP contribution >= 0.6 is 0 Å². The Labute approximate surface area is 119 Å². The molecule has 0 N–H and O–H groups in total. The van der Waals surface area contributed by atoms with Gasteiger partial charge >= 0.3 is 0 Å². The number of ether oxygens (including phenoxy) is 1. The van der Waals surface area contributed by atoms with E-state index in [4.69, 9.17) is 9.15 Å². The van der Waals surface area contributed by atoms with Crippen LogP contribution < -0.4 is 4.74 Å². The molecule has 3 rings (SSSR count). The molecule has 0 fully saturated rings. The molecule has 2 heterocycles. The molecule has 0 unspecified atom stereocenters. The van der Waals surface area contributed by atoms with Crippen LogP contribution in [0.15, 0.2) is 47.1 Å². The maximum atomic E-state index is 5.53. The zero-order valence-corrected chi connectivity index (χ0v) is 11.7. The van der Waals surface area contributed by atoms with E-state index in [1.807, 2.05) is 18.2 Å². The highest BCUT2D eigenvalue weighted by atomic mass is 16.5. The van der Waals surface area contributed by atoms with Crippen molar-refractivity contribution < 1.29 is 9.15 Å². The van der Waals surface area contributed by atoms with E-state index in [0.29, 0.717) is 0 Å². The normalized spacial score (nSPS) is 13.9. The van der Waals surface area contributed by atoms with Crippen molar-refractivity contribution in [1.82, 2.24) is 4.90 Å². The molecule has 1 aliphatic rings. The van der Waals surface area contributed by atoms with Crippen molar-refractivity contribution in [3.05, 3.63) is 59.6 Å². The van der Waals surface area contributed by atoms with Gasteiger partial charge in [-0.2, -0.15) is 0 Å². The molecule has 0 amide bonds. The van der Waals surface area contributed by atoms with Crippen LogP contribution in [0.5, 0.6) is 5.75 Å². The summed E-state index contributed by atoms with van der Waals surface area (Å²) >= 11 is 0. The number of likely N-dealkylation sites (N-methyl/N-ethyl adjacent to an activating group) is 1. The molecular weight excluding hydrogens is 250 g/mol. The van der Waals surface area contributed by atoms with Crippen LogP contribution in [0, 0.1) is 0 Å². The van der Waals surface area contributed by atoms with Gasteiger partial charge in [0.15, 0.2) is 0 Å². The van der Waals surface area contributed by atoms with Crippen LogP contribution in [0.2, 0.25) is 0 Å². The minimum Gasteiger partial charge on any atom is -0.493 e. The Bertz CT molecular complexity index is 587. The molecule has 104 valence electrons. The van der Waals surface area contributed by atoms with Crippen LogP contribution in [0.4, 0.5) is 0 Å². The number of hydrogen-bond acceptors (Lipinski definition) is 3. The zero-order valence-electron chi connectivity index (χ0n) is 11.7. The van der Waals surface area contributed by atoms with Crippen molar-refractivity contribution in [3.8, 4) is 5.75 Å². The first-order chi connectivity index (χ1) is 9.81. The molecule has 0 saturated heterocycles. The molecule has 1 aromatic carbocycles. The van der Waals surface area contributed by atoms with Gasteiger partial charge in [0.1, 0.15) is 11.5 Å². The monoisotopic (exact) mass is 269 g/mol. The SMILES string of the molecule is CN(CC=Cc1ccco1)Cc1ccc2c(c1)CCO2. The Kier molecular flexibility index (Phi) is 3.88. The van der Waals surface area contributed by atoms with E-state index in [-0.39, 0.29) is 0 Å². The van der Waals surface area contributed by atoms with Gasteiger partial charge < -0.3 is 9.15 Å². The van der Waals surface area contributed by atoms with Gasteiger partial charge in [-0.05, 0) is 42.4 Å². The fourth-order valence-corrected chi connectivity index (χ4v) is 2.45. The summed E-state index contributed by atoms with van der Waals surface area (Å²) in [6, 6.07) is 10.4. The Balaban J connectivity index is 1.55. The van der Waals surface area contributed by atoms with E-state index in [2.05, 4.69) is 36.2 Å². The number of nitrogens with zero attached hydrogens (tertiary/aromatic N) is 1. The van der Waals surface area contributed by atoms with E-state index in [9.17, 15) is 0 Å². The van der Waals surface area contributed by atoms with E-state index >= 15 is 0 Å². The lowest BCUT2D eigenvalue weighted by atomic mass is 10.1. The molecule has 3 nitrogen and oxygen atoms in total. The highest BCUT2D eigenvalue weighted by molar-refractivity contribution is 5.42. The predicted molar refractivity (Wildman–Crippen MR) is 79.7 cm³/mol. The van der Waals surface area contributed by atoms with Gasteiger partial charge in [0.25, 0.3) is 0 Å². The first-order valence-electron chi connectivity index (χ1n) is 6.94. The summed E-state index contributed by atoms with van der Waals surface area (Å²) in [6.07, 6.45) is 6.85. The molecule has 0 saturated carbocycles. The minimum absolute atomic E-state index is 0.820. The van der Waals surface area contributed by atoms with Gasteiger partial charge in [0, 0.05) is 19.5 Å². The van der Waals surface area contributed by atoms with Crippen molar-refractivity contribution in [1.29, 1.82) is 0 Å². The number of hydrogen-bond donors (Lipinski definition) is 0. The molecule has 0 aliphatic carbocycles. The molecule has 20 heavy (non-hydrogen) atoms. The lowest BCUT2D eigenvalue weighted by Gasteiger charge is -2.14. The number of rotatable bonds is 5. The van der Waals surface area contributed by atoms with Crippen molar-refractivity contribution in [2.45, 2.75) is 13.0 Å². The lowest BCUT2D eigenvalue weighted by Crippen LogP contribution is -2.17. The summed E-state index contributed by atoms with van der Waals surface area (Å²) < 4.78 is 10.8. The second kappa shape index (κ2) is 5.97. The molecule has 0 bridgehead atoms. The predicted octanol–water partition coefficient (Wildman–Crippen LogP) is 3.36. The summed E-state index contributed by atoms with van der Waals surface area (Å²) in [5.41, 5.74) is 2.67. The van der Waals surface area contributed by atoms with Gasteiger partial charge in [-0.25, -0.2) is 0 Å². The molecule has 2 aromatic rings. The Hall–Kier alpha value is -2.00. The molecule has 1 aromatic heterocycles. The standard InChI is InChI=1S/C17H19NO2/c1-18(9-2-4-16-5-3-10-19-16)13-14-6-7-17-15(12-14)8-11-20-17/h2-7,10,12H,8-9,11,13H2,1H3. The van der Waals surface area contributed by atoms with Crippen molar-refractivity contribution in [3.63, 3.8) is 0 Å². The molecule has 0 atom stereocenters. The highest BCUT2D eigenvalue weighted by Gasteiger charge is 2.12. The van der Waals surface area contributed by atoms with Gasteiger partial charge in [-0.15, -0.1) is 0 Å². The molecule has 1 aliphatic heterocycles. The van der Waals surface area contributed by atoms with Crippen LogP contribution in [-0.4, -0.2) is 25.1 Å². The average molecular weight is 269 g/mol. The maximum absolute atomic E-state index is 5.53. The second-order valence-electron chi connectivity index (χ2n) is 5.16. The van der Waals surface area contributed by atoms with E-state index < -0.39 is 0 Å². The van der Waals surface area contributed by atoms with Crippen LogP contribution in [-0.2, 0) is 13.0 Å². The van der Waals surface area contributed by atoms with E-state index in [1.54, 1.807) is 6.26 Å². The van der Waals surface area contributed by atoms with Crippen LogP contribution in [0.3, 0.4) is 0 Å². The summed E-state index contributed by atoms with van der Waals surface area (Å²) in [4.78, 5) is 2.27. The average Bonchev–Trinajstić information content (AvgIpc) is 3.08. The van der Waals surface area contributed by atoms with Crippen molar-refractivity contribution in [2.24, 2.45) is 0 Å². The fourth-order valence-electron chi connectivity index (χ4n) is 2.45. The fraction of sp³-hybridized carbons (Fsp3) is 0.294. The topological polar surface area (TPSA) is 25.6 Å². The van der Waals surface area contributed by atoms with E-state index in [1.165, 1.54) is 11.1 Å². The van der Waals surface area contributed by atoms with Crippen LogP contribution in [0.1, 0.15) is 16.9 Å². The van der Waals surface area contributed by atoms with E-state index in [0.717, 1.165) is 37.6 Å².